The van der Waals surface area contributed by atoms with E-state index in [1.165, 1.54) is 0 Å². The highest BCUT2D eigenvalue weighted by molar-refractivity contribution is 5.94. The molecular formula is C16H22N2O. The number of nitrogens with zero attached hydrogens (tertiary/aromatic N) is 1. The predicted octanol–water partition coefficient (Wildman–Crippen LogP) is 4.02. The zero-order chi connectivity index (χ0) is 14.3. The van der Waals surface area contributed by atoms with Crippen molar-refractivity contribution in [3.8, 4) is 6.07 Å². The Kier molecular flexibility index (Phi) is 6.08. The number of nitrogens with one attached hydrogen (secondary N) is 1. The van der Waals surface area contributed by atoms with Gasteiger partial charge in [0.05, 0.1) is 11.3 Å². The van der Waals surface area contributed by atoms with Crippen LogP contribution < -0.4 is 5.32 Å². The Hall–Kier alpha value is -1.82. The molecule has 0 aromatic heterocycles. The first-order valence-electron chi connectivity index (χ1n) is 6.94. The Morgan fingerprint density at radius 2 is 2.16 bits per heavy atom. The lowest BCUT2D eigenvalue weighted by Gasteiger charge is -2.15. The van der Waals surface area contributed by atoms with Crippen LogP contribution in [0.2, 0.25) is 0 Å². The number of hydrogen-bond donors (Lipinski definition) is 1. The van der Waals surface area contributed by atoms with Crippen LogP contribution in [0.15, 0.2) is 18.2 Å². The number of carbonyl (C=O) groups is 1. The number of benzene rings is 1. The Bertz CT molecular complexity index is 474. The van der Waals surface area contributed by atoms with Crippen molar-refractivity contribution in [2.24, 2.45) is 5.92 Å². The highest BCUT2D eigenvalue weighted by Crippen LogP contribution is 2.21. The summed E-state index contributed by atoms with van der Waals surface area (Å²) >= 11 is 0. The van der Waals surface area contributed by atoms with Crippen LogP contribution in [0.3, 0.4) is 0 Å². The lowest BCUT2D eigenvalue weighted by molar-refractivity contribution is -0.120. The van der Waals surface area contributed by atoms with E-state index in [4.69, 9.17) is 5.26 Å². The topological polar surface area (TPSA) is 52.9 Å². The van der Waals surface area contributed by atoms with E-state index in [0.717, 1.165) is 31.2 Å². The van der Waals surface area contributed by atoms with Gasteiger partial charge in [0.15, 0.2) is 0 Å². The first-order chi connectivity index (χ1) is 9.13. The minimum absolute atomic E-state index is 0.0260. The molecule has 19 heavy (non-hydrogen) atoms. The first kappa shape index (κ1) is 15.2. The molecule has 0 saturated heterocycles. The van der Waals surface area contributed by atoms with Gasteiger partial charge in [0, 0.05) is 5.92 Å². The molecule has 0 saturated carbocycles. The van der Waals surface area contributed by atoms with Crippen LogP contribution in [0.4, 0.5) is 5.69 Å². The van der Waals surface area contributed by atoms with Crippen molar-refractivity contribution in [2.75, 3.05) is 5.32 Å². The molecule has 0 fully saturated rings. The predicted molar refractivity (Wildman–Crippen MR) is 77.8 cm³/mol. The van der Waals surface area contributed by atoms with Crippen molar-refractivity contribution in [1.82, 2.24) is 0 Å². The molecule has 1 aromatic rings. The second-order valence-electron chi connectivity index (χ2n) is 4.85. The fourth-order valence-corrected chi connectivity index (χ4v) is 2.13. The quantitative estimate of drug-likeness (QED) is 0.837. The first-order valence-corrected chi connectivity index (χ1v) is 6.94. The summed E-state index contributed by atoms with van der Waals surface area (Å²) in [5, 5.41) is 12.0. The molecule has 0 spiro atoms. The summed E-state index contributed by atoms with van der Waals surface area (Å²) < 4.78 is 0. The number of nitriles is 1. The summed E-state index contributed by atoms with van der Waals surface area (Å²) in [6.45, 7) is 6.03. The monoisotopic (exact) mass is 258 g/mol. The summed E-state index contributed by atoms with van der Waals surface area (Å²) in [7, 11) is 0. The number of unbranched alkanes of at least 4 members (excludes halogenated alkanes) is 1. The Labute approximate surface area is 115 Å². The van der Waals surface area contributed by atoms with Crippen molar-refractivity contribution >= 4 is 11.6 Å². The van der Waals surface area contributed by atoms with E-state index in [-0.39, 0.29) is 11.8 Å². The average Bonchev–Trinajstić information content (AvgIpc) is 2.40. The van der Waals surface area contributed by atoms with Crippen LogP contribution in [0.1, 0.15) is 50.7 Å². The molecule has 0 heterocycles. The van der Waals surface area contributed by atoms with E-state index in [2.05, 4.69) is 18.3 Å². The molecule has 1 atom stereocenters. The fourth-order valence-electron chi connectivity index (χ4n) is 2.13. The van der Waals surface area contributed by atoms with E-state index in [1.54, 1.807) is 6.07 Å². The van der Waals surface area contributed by atoms with Gasteiger partial charge in [-0.25, -0.2) is 0 Å². The molecule has 1 aromatic carbocycles. The minimum Gasteiger partial charge on any atom is -0.325 e. The van der Waals surface area contributed by atoms with Gasteiger partial charge in [-0.05, 0) is 31.4 Å². The molecular weight excluding hydrogens is 236 g/mol. The van der Waals surface area contributed by atoms with Gasteiger partial charge >= 0.3 is 0 Å². The lowest BCUT2D eigenvalue weighted by atomic mass is 9.98. The normalized spacial score (nSPS) is 11.7. The minimum atomic E-state index is 0.0260. The van der Waals surface area contributed by atoms with Crippen molar-refractivity contribution in [2.45, 2.75) is 46.5 Å². The highest BCUT2D eigenvalue weighted by atomic mass is 16.1. The number of aryl methyl sites for hydroxylation is 1. The van der Waals surface area contributed by atoms with Gasteiger partial charge in [-0.3, -0.25) is 4.79 Å². The number of hydrogen-bond acceptors (Lipinski definition) is 2. The third-order valence-corrected chi connectivity index (χ3v) is 3.41. The second kappa shape index (κ2) is 7.58. The third-order valence-electron chi connectivity index (χ3n) is 3.41. The summed E-state index contributed by atoms with van der Waals surface area (Å²) in [4.78, 5) is 12.2. The Morgan fingerprint density at radius 1 is 1.42 bits per heavy atom. The maximum Gasteiger partial charge on any atom is 0.227 e. The van der Waals surface area contributed by atoms with Gasteiger partial charge in [-0.1, -0.05) is 38.8 Å². The molecule has 0 aliphatic carbocycles. The zero-order valence-electron chi connectivity index (χ0n) is 12.0. The van der Waals surface area contributed by atoms with Gasteiger partial charge in [-0.2, -0.15) is 5.26 Å². The molecule has 102 valence electrons. The fraction of sp³-hybridized carbons (Fsp3) is 0.500. The number of amides is 1. The van der Waals surface area contributed by atoms with Crippen LogP contribution in [-0.2, 0) is 4.79 Å². The number of rotatable bonds is 6. The molecule has 0 bridgehead atoms. The maximum absolute atomic E-state index is 12.2. The third kappa shape index (κ3) is 4.10. The van der Waals surface area contributed by atoms with Crippen LogP contribution in [0.5, 0.6) is 0 Å². The molecule has 0 aliphatic rings. The van der Waals surface area contributed by atoms with E-state index >= 15 is 0 Å². The molecule has 1 N–H and O–H groups in total. The van der Waals surface area contributed by atoms with Crippen molar-refractivity contribution in [1.29, 1.82) is 5.26 Å². The van der Waals surface area contributed by atoms with Crippen molar-refractivity contribution in [3.05, 3.63) is 29.3 Å². The van der Waals surface area contributed by atoms with E-state index < -0.39 is 0 Å². The van der Waals surface area contributed by atoms with Gasteiger partial charge < -0.3 is 5.32 Å². The highest BCUT2D eigenvalue weighted by Gasteiger charge is 2.17. The summed E-state index contributed by atoms with van der Waals surface area (Å²) in [5.74, 6) is 0.0602. The zero-order valence-corrected chi connectivity index (χ0v) is 12.0. The van der Waals surface area contributed by atoms with Crippen molar-refractivity contribution < 1.29 is 4.79 Å². The molecule has 1 rings (SSSR count). The SMILES string of the molecule is CCCCC(CC)C(=O)Nc1cccc(C)c1C#N. The van der Waals surface area contributed by atoms with Gasteiger partial charge in [0.2, 0.25) is 5.91 Å². The van der Waals surface area contributed by atoms with Crippen LogP contribution >= 0.6 is 0 Å². The number of carbonyl (C=O) groups excluding carboxylic acids is 1. The van der Waals surface area contributed by atoms with Crippen molar-refractivity contribution in [3.63, 3.8) is 0 Å². The van der Waals surface area contributed by atoms with E-state index in [1.807, 2.05) is 26.0 Å². The van der Waals surface area contributed by atoms with Gasteiger partial charge in [-0.15, -0.1) is 0 Å². The largest absolute Gasteiger partial charge is 0.325 e. The van der Waals surface area contributed by atoms with E-state index in [0.29, 0.717) is 11.3 Å². The smallest absolute Gasteiger partial charge is 0.227 e. The Morgan fingerprint density at radius 3 is 2.74 bits per heavy atom. The average molecular weight is 258 g/mol. The molecule has 1 unspecified atom stereocenters. The van der Waals surface area contributed by atoms with Gasteiger partial charge in [0.1, 0.15) is 6.07 Å². The second-order valence-corrected chi connectivity index (χ2v) is 4.85. The molecule has 0 aliphatic heterocycles. The summed E-state index contributed by atoms with van der Waals surface area (Å²) in [6, 6.07) is 7.68. The standard InChI is InChI=1S/C16H22N2O/c1-4-6-9-13(5-2)16(19)18-15-10-7-8-12(3)14(15)11-17/h7-8,10,13H,4-6,9H2,1-3H3,(H,18,19). The van der Waals surface area contributed by atoms with Crippen LogP contribution in [0, 0.1) is 24.2 Å². The van der Waals surface area contributed by atoms with E-state index in [9.17, 15) is 4.79 Å². The summed E-state index contributed by atoms with van der Waals surface area (Å²) in [6.07, 6.45) is 3.90. The molecule has 1 amide bonds. The molecule has 3 heteroatoms. The van der Waals surface area contributed by atoms with Crippen LogP contribution in [-0.4, -0.2) is 5.91 Å². The van der Waals surface area contributed by atoms with Crippen LogP contribution in [0.25, 0.3) is 0 Å². The lowest BCUT2D eigenvalue weighted by Crippen LogP contribution is -2.22. The number of anilines is 1. The summed E-state index contributed by atoms with van der Waals surface area (Å²) in [5.41, 5.74) is 2.07. The van der Waals surface area contributed by atoms with Gasteiger partial charge in [0.25, 0.3) is 0 Å². The Balaban J connectivity index is 2.81. The molecule has 0 radical (unpaired) electrons. The maximum atomic E-state index is 12.2. The molecule has 3 nitrogen and oxygen atoms in total.